The summed E-state index contributed by atoms with van der Waals surface area (Å²) in [7, 11) is 0. The number of hydrogen-bond donors (Lipinski definition) is 0. The predicted octanol–water partition coefficient (Wildman–Crippen LogP) is -0.146. The van der Waals surface area contributed by atoms with Crippen molar-refractivity contribution in [2.24, 2.45) is 0 Å². The first-order valence-electron chi connectivity index (χ1n) is 5.57. The van der Waals surface area contributed by atoms with Gasteiger partial charge in [0.25, 0.3) is 11.8 Å². The third kappa shape index (κ3) is 2.36. The minimum absolute atomic E-state index is 0.0380. The molecule has 0 saturated carbocycles. The molecule has 6 nitrogen and oxygen atoms in total. The Balaban J connectivity index is 1.78. The highest BCUT2D eigenvalue weighted by atomic mass is 16.7. The molecule has 0 spiro atoms. The van der Waals surface area contributed by atoms with Crippen LogP contribution in [-0.2, 0) is 19.2 Å². The van der Waals surface area contributed by atoms with Gasteiger partial charge in [0.05, 0.1) is 6.61 Å². The van der Waals surface area contributed by atoms with Gasteiger partial charge in [0, 0.05) is 31.5 Å². The van der Waals surface area contributed by atoms with Crippen LogP contribution < -0.4 is 0 Å². The summed E-state index contributed by atoms with van der Waals surface area (Å²) in [6, 6.07) is 0.0380. The molecule has 1 unspecified atom stereocenters. The zero-order valence-electron chi connectivity index (χ0n) is 9.59. The van der Waals surface area contributed by atoms with Crippen LogP contribution in [0, 0.1) is 0 Å². The predicted molar refractivity (Wildman–Crippen MR) is 57.4 cm³/mol. The number of hydroxylamine groups is 2. The largest absolute Gasteiger partial charge is 0.331 e. The molecule has 0 radical (unpaired) electrons. The SMILES string of the molecule is CC1C=CC(=O)N1CCON1C(=O)CCC1=O. The lowest BCUT2D eigenvalue weighted by molar-refractivity contribution is -0.188. The molecule has 0 aromatic carbocycles. The van der Waals surface area contributed by atoms with Gasteiger partial charge in [-0.2, -0.15) is 5.06 Å². The molecule has 0 aromatic heterocycles. The van der Waals surface area contributed by atoms with Gasteiger partial charge in [-0.05, 0) is 6.92 Å². The summed E-state index contributed by atoms with van der Waals surface area (Å²) in [4.78, 5) is 40.5. The van der Waals surface area contributed by atoms with Crippen molar-refractivity contribution in [3.63, 3.8) is 0 Å². The Morgan fingerprint density at radius 2 is 1.94 bits per heavy atom. The zero-order chi connectivity index (χ0) is 12.4. The molecule has 1 saturated heterocycles. The highest BCUT2D eigenvalue weighted by Gasteiger charge is 2.30. The van der Waals surface area contributed by atoms with Crippen molar-refractivity contribution in [2.45, 2.75) is 25.8 Å². The molecule has 6 heteroatoms. The van der Waals surface area contributed by atoms with Gasteiger partial charge in [-0.3, -0.25) is 19.2 Å². The van der Waals surface area contributed by atoms with Crippen LogP contribution in [0.25, 0.3) is 0 Å². The van der Waals surface area contributed by atoms with Crippen molar-refractivity contribution in [1.29, 1.82) is 0 Å². The fourth-order valence-electron chi connectivity index (χ4n) is 1.87. The molecule has 92 valence electrons. The average Bonchev–Trinajstić information content (AvgIpc) is 2.77. The van der Waals surface area contributed by atoms with Crippen LogP contribution in [0.2, 0.25) is 0 Å². The highest BCUT2D eigenvalue weighted by Crippen LogP contribution is 2.13. The van der Waals surface area contributed by atoms with E-state index < -0.39 is 0 Å². The second kappa shape index (κ2) is 4.67. The Morgan fingerprint density at radius 1 is 1.29 bits per heavy atom. The molecule has 0 aromatic rings. The topological polar surface area (TPSA) is 66.9 Å². The smallest absolute Gasteiger partial charge is 0.253 e. The lowest BCUT2D eigenvalue weighted by Crippen LogP contribution is -2.38. The van der Waals surface area contributed by atoms with Crippen LogP contribution in [0.4, 0.5) is 0 Å². The maximum absolute atomic E-state index is 11.4. The molecule has 0 aliphatic carbocycles. The van der Waals surface area contributed by atoms with E-state index in [1.807, 2.05) is 6.92 Å². The fourth-order valence-corrected chi connectivity index (χ4v) is 1.87. The molecule has 2 rings (SSSR count). The Hall–Kier alpha value is -1.69. The molecule has 1 atom stereocenters. The number of rotatable bonds is 4. The minimum atomic E-state index is -0.311. The third-order valence-corrected chi connectivity index (χ3v) is 2.85. The van der Waals surface area contributed by atoms with Crippen molar-refractivity contribution >= 4 is 17.7 Å². The summed E-state index contributed by atoms with van der Waals surface area (Å²) >= 11 is 0. The van der Waals surface area contributed by atoms with E-state index in [1.165, 1.54) is 6.08 Å². The number of nitrogens with zero attached hydrogens (tertiary/aromatic N) is 2. The van der Waals surface area contributed by atoms with Crippen LogP contribution in [0.5, 0.6) is 0 Å². The van der Waals surface area contributed by atoms with Crippen LogP contribution in [0.1, 0.15) is 19.8 Å². The van der Waals surface area contributed by atoms with Gasteiger partial charge in [0.2, 0.25) is 5.91 Å². The van der Waals surface area contributed by atoms with E-state index in [9.17, 15) is 14.4 Å². The van der Waals surface area contributed by atoms with E-state index >= 15 is 0 Å². The summed E-state index contributed by atoms with van der Waals surface area (Å²) in [5, 5.41) is 0.804. The molecule has 0 bridgehead atoms. The van der Waals surface area contributed by atoms with Crippen LogP contribution in [0.3, 0.4) is 0 Å². The minimum Gasteiger partial charge on any atom is -0.331 e. The summed E-state index contributed by atoms with van der Waals surface area (Å²) in [6.07, 6.45) is 3.73. The summed E-state index contributed by atoms with van der Waals surface area (Å²) in [6.45, 7) is 2.41. The Kier molecular flexibility index (Phi) is 3.23. The summed E-state index contributed by atoms with van der Waals surface area (Å²) in [5.74, 6) is -0.692. The van der Waals surface area contributed by atoms with Crippen molar-refractivity contribution in [3.8, 4) is 0 Å². The lowest BCUT2D eigenvalue weighted by atomic mass is 10.3. The highest BCUT2D eigenvalue weighted by molar-refractivity contribution is 6.00. The van der Waals surface area contributed by atoms with Gasteiger partial charge < -0.3 is 4.90 Å². The van der Waals surface area contributed by atoms with Gasteiger partial charge in [0.15, 0.2) is 0 Å². The van der Waals surface area contributed by atoms with E-state index in [4.69, 9.17) is 4.84 Å². The van der Waals surface area contributed by atoms with Gasteiger partial charge >= 0.3 is 0 Å². The number of carbonyl (C=O) groups is 3. The van der Waals surface area contributed by atoms with E-state index in [-0.39, 0.29) is 43.2 Å². The van der Waals surface area contributed by atoms with Crippen LogP contribution in [-0.4, -0.2) is 46.9 Å². The Bertz CT molecular complexity index is 375. The van der Waals surface area contributed by atoms with Crippen molar-refractivity contribution < 1.29 is 19.2 Å². The van der Waals surface area contributed by atoms with Gasteiger partial charge in [0.1, 0.15) is 0 Å². The maximum atomic E-state index is 11.4. The average molecular weight is 238 g/mol. The molecule has 17 heavy (non-hydrogen) atoms. The summed E-state index contributed by atoms with van der Waals surface area (Å²) < 4.78 is 0. The van der Waals surface area contributed by atoms with Gasteiger partial charge in [-0.1, -0.05) is 6.08 Å². The fraction of sp³-hybridized carbons (Fsp3) is 0.545. The van der Waals surface area contributed by atoms with Crippen molar-refractivity contribution in [2.75, 3.05) is 13.2 Å². The number of carbonyl (C=O) groups excluding carboxylic acids is 3. The van der Waals surface area contributed by atoms with E-state index in [0.29, 0.717) is 6.54 Å². The quantitative estimate of drug-likeness (QED) is 0.639. The molecule has 2 aliphatic heterocycles. The monoisotopic (exact) mass is 238 g/mol. The Morgan fingerprint density at radius 3 is 2.47 bits per heavy atom. The second-order valence-corrected chi connectivity index (χ2v) is 4.05. The first kappa shape index (κ1) is 11.8. The molecule has 2 aliphatic rings. The second-order valence-electron chi connectivity index (χ2n) is 4.05. The lowest BCUT2D eigenvalue weighted by Gasteiger charge is -2.22. The molecule has 2 heterocycles. The Labute approximate surface area is 98.8 Å². The van der Waals surface area contributed by atoms with Crippen molar-refractivity contribution in [3.05, 3.63) is 12.2 Å². The van der Waals surface area contributed by atoms with Crippen LogP contribution in [0.15, 0.2) is 12.2 Å². The number of amides is 3. The van der Waals surface area contributed by atoms with E-state index in [0.717, 1.165) is 5.06 Å². The van der Waals surface area contributed by atoms with E-state index in [1.54, 1.807) is 11.0 Å². The van der Waals surface area contributed by atoms with E-state index in [2.05, 4.69) is 0 Å². The first-order valence-corrected chi connectivity index (χ1v) is 5.57. The first-order chi connectivity index (χ1) is 8.09. The number of imide groups is 1. The molecule has 1 fully saturated rings. The third-order valence-electron chi connectivity index (χ3n) is 2.85. The molecular weight excluding hydrogens is 224 g/mol. The molecule has 3 amide bonds. The van der Waals surface area contributed by atoms with Crippen molar-refractivity contribution in [1.82, 2.24) is 9.96 Å². The van der Waals surface area contributed by atoms with Crippen LogP contribution >= 0.6 is 0 Å². The molecular formula is C11H14N2O4. The zero-order valence-corrected chi connectivity index (χ0v) is 9.59. The maximum Gasteiger partial charge on any atom is 0.253 e. The number of hydrogen-bond acceptors (Lipinski definition) is 4. The normalized spacial score (nSPS) is 24.3. The van der Waals surface area contributed by atoms with Gasteiger partial charge in [-0.25, -0.2) is 0 Å². The summed E-state index contributed by atoms with van der Waals surface area (Å²) in [5.41, 5.74) is 0. The standard InChI is InChI=1S/C11H14N2O4/c1-8-2-3-9(14)12(8)6-7-17-13-10(15)4-5-11(13)16/h2-3,8H,4-7H2,1H3. The van der Waals surface area contributed by atoms with Gasteiger partial charge in [-0.15, -0.1) is 0 Å². The molecule has 0 N–H and O–H groups in total.